The van der Waals surface area contributed by atoms with Crippen LogP contribution in [-0.4, -0.2) is 15.0 Å². The molecule has 0 N–H and O–H groups in total. The van der Waals surface area contributed by atoms with Gasteiger partial charge in [-0.25, -0.2) is 15.0 Å². The first-order valence-electron chi connectivity index (χ1n) is 18.7. The molecule has 0 bridgehead atoms. The van der Waals surface area contributed by atoms with Crippen LogP contribution in [-0.2, 0) is 0 Å². The molecule has 0 spiro atoms. The molecule has 5 heteroatoms. The van der Waals surface area contributed by atoms with Gasteiger partial charge in [-0.05, 0) is 52.1 Å². The quantitative estimate of drug-likeness (QED) is 0.171. The summed E-state index contributed by atoms with van der Waals surface area (Å²) in [6.07, 6.45) is 0. The number of furan rings is 1. The van der Waals surface area contributed by atoms with Crippen LogP contribution in [0.15, 0.2) is 192 Å². The van der Waals surface area contributed by atoms with Gasteiger partial charge in [0.25, 0.3) is 0 Å². The summed E-state index contributed by atoms with van der Waals surface area (Å²) >= 11 is 1.84. The van der Waals surface area contributed by atoms with Crippen LogP contribution < -0.4 is 0 Å². The van der Waals surface area contributed by atoms with E-state index in [1.165, 1.54) is 31.3 Å². The van der Waals surface area contributed by atoms with E-state index in [1.807, 2.05) is 72.0 Å². The van der Waals surface area contributed by atoms with Gasteiger partial charge in [-0.1, -0.05) is 164 Å². The standard InChI is InChI=1S/C51H31N3OS/c1-4-15-32(16-5-1)45-38(29-30-44-47(45)40-23-10-11-28-43(40)56-44)39-25-13-26-41-46-37(24-14-27-42(46)55-48(39)41)35-21-12-22-36(31-35)51-53-49(33-17-6-2-7-18-33)52-50(54-51)34-19-8-3-9-20-34/h1-31H. The highest BCUT2D eigenvalue weighted by Gasteiger charge is 2.21. The van der Waals surface area contributed by atoms with Crippen molar-refractivity contribution in [1.82, 2.24) is 15.0 Å². The molecule has 0 fully saturated rings. The van der Waals surface area contributed by atoms with E-state index in [9.17, 15) is 0 Å². The van der Waals surface area contributed by atoms with Crippen LogP contribution >= 0.6 is 11.3 Å². The first-order valence-corrected chi connectivity index (χ1v) is 19.5. The number of thiophene rings is 1. The number of fused-ring (bicyclic) bond motifs is 6. The molecule has 11 rings (SSSR count). The molecule has 8 aromatic carbocycles. The second kappa shape index (κ2) is 13.3. The van der Waals surface area contributed by atoms with Crippen molar-refractivity contribution in [2.24, 2.45) is 0 Å². The van der Waals surface area contributed by atoms with Crippen molar-refractivity contribution >= 4 is 53.4 Å². The molecular weight excluding hydrogens is 703 g/mol. The minimum Gasteiger partial charge on any atom is -0.455 e. The van der Waals surface area contributed by atoms with Gasteiger partial charge in [-0.2, -0.15) is 0 Å². The predicted octanol–water partition coefficient (Wildman–Crippen LogP) is 14.1. The van der Waals surface area contributed by atoms with Gasteiger partial charge in [-0.15, -0.1) is 11.3 Å². The molecule has 0 saturated carbocycles. The van der Waals surface area contributed by atoms with E-state index in [-0.39, 0.29) is 0 Å². The Morgan fingerprint density at radius 2 is 0.911 bits per heavy atom. The minimum absolute atomic E-state index is 0.621. The summed E-state index contributed by atoms with van der Waals surface area (Å²) in [6, 6.07) is 65.6. The summed E-state index contributed by atoms with van der Waals surface area (Å²) in [6.45, 7) is 0. The molecule has 11 aromatic rings. The van der Waals surface area contributed by atoms with Crippen LogP contribution in [0.4, 0.5) is 0 Å². The predicted molar refractivity (Wildman–Crippen MR) is 233 cm³/mol. The lowest BCUT2D eigenvalue weighted by molar-refractivity contribution is 0.670. The number of hydrogen-bond acceptors (Lipinski definition) is 5. The Bertz CT molecular complexity index is 3180. The minimum atomic E-state index is 0.621. The van der Waals surface area contributed by atoms with E-state index in [1.54, 1.807) is 0 Å². The van der Waals surface area contributed by atoms with E-state index in [0.29, 0.717) is 17.5 Å². The Morgan fingerprint density at radius 3 is 1.64 bits per heavy atom. The van der Waals surface area contributed by atoms with Crippen LogP contribution in [0.25, 0.3) is 110 Å². The maximum Gasteiger partial charge on any atom is 0.164 e. The summed E-state index contributed by atoms with van der Waals surface area (Å²) in [7, 11) is 0. The van der Waals surface area contributed by atoms with Gasteiger partial charge in [0.05, 0.1) is 0 Å². The van der Waals surface area contributed by atoms with E-state index in [0.717, 1.165) is 60.9 Å². The highest BCUT2D eigenvalue weighted by atomic mass is 32.1. The average molecular weight is 734 g/mol. The third-order valence-electron chi connectivity index (χ3n) is 10.5. The molecule has 0 amide bonds. The van der Waals surface area contributed by atoms with Crippen molar-refractivity contribution in [3.63, 3.8) is 0 Å². The second-order valence-corrected chi connectivity index (χ2v) is 15.0. The zero-order chi connectivity index (χ0) is 37.0. The summed E-state index contributed by atoms with van der Waals surface area (Å²) in [4.78, 5) is 14.9. The Labute approximate surface area is 327 Å². The van der Waals surface area contributed by atoms with Crippen molar-refractivity contribution in [1.29, 1.82) is 0 Å². The summed E-state index contributed by atoms with van der Waals surface area (Å²) in [5, 5.41) is 4.71. The molecule has 0 aliphatic rings. The molecule has 0 unspecified atom stereocenters. The lowest BCUT2D eigenvalue weighted by atomic mass is 9.89. The summed E-state index contributed by atoms with van der Waals surface area (Å²) in [5.41, 5.74) is 11.3. The van der Waals surface area contributed by atoms with Crippen LogP contribution in [0.3, 0.4) is 0 Å². The molecule has 56 heavy (non-hydrogen) atoms. The highest BCUT2D eigenvalue weighted by molar-refractivity contribution is 7.26. The van der Waals surface area contributed by atoms with Gasteiger partial charge >= 0.3 is 0 Å². The Hall–Kier alpha value is -7.21. The van der Waals surface area contributed by atoms with Gasteiger partial charge in [0, 0.05) is 53.2 Å². The lowest BCUT2D eigenvalue weighted by Gasteiger charge is -2.13. The molecule has 3 heterocycles. The number of benzene rings is 8. The number of para-hydroxylation sites is 1. The van der Waals surface area contributed by atoms with Crippen LogP contribution in [0, 0.1) is 0 Å². The Morgan fingerprint density at radius 1 is 0.357 bits per heavy atom. The fourth-order valence-electron chi connectivity index (χ4n) is 8.01. The lowest BCUT2D eigenvalue weighted by Crippen LogP contribution is -2.00. The molecule has 0 aliphatic carbocycles. The first kappa shape index (κ1) is 32.2. The first-order chi connectivity index (χ1) is 27.8. The maximum atomic E-state index is 6.89. The number of rotatable bonds is 6. The molecular formula is C51H31N3OS. The van der Waals surface area contributed by atoms with Crippen molar-refractivity contribution in [2.75, 3.05) is 0 Å². The normalized spacial score (nSPS) is 11.6. The monoisotopic (exact) mass is 733 g/mol. The third-order valence-corrected chi connectivity index (χ3v) is 11.7. The van der Waals surface area contributed by atoms with Gasteiger partial charge in [0.15, 0.2) is 17.5 Å². The Kier molecular flexibility index (Phi) is 7.64. The topological polar surface area (TPSA) is 51.8 Å². The van der Waals surface area contributed by atoms with Crippen LogP contribution in [0.1, 0.15) is 0 Å². The summed E-state index contributed by atoms with van der Waals surface area (Å²) < 4.78 is 9.45. The molecule has 0 saturated heterocycles. The van der Waals surface area contributed by atoms with Crippen LogP contribution in [0.5, 0.6) is 0 Å². The van der Waals surface area contributed by atoms with Crippen molar-refractivity contribution in [3.05, 3.63) is 188 Å². The van der Waals surface area contributed by atoms with Crippen LogP contribution in [0.2, 0.25) is 0 Å². The SMILES string of the molecule is c1ccc(-c2nc(-c3ccccc3)nc(-c3cccc(-c4cccc5oc6c(-c7ccc8sc9ccccc9c8c7-c7ccccc7)cccc6c45)c3)n2)cc1. The average Bonchev–Trinajstić information content (AvgIpc) is 3.86. The zero-order valence-electron chi connectivity index (χ0n) is 30.1. The Balaban J connectivity index is 1.09. The molecule has 3 aromatic heterocycles. The largest absolute Gasteiger partial charge is 0.455 e. The van der Waals surface area contributed by atoms with E-state index >= 15 is 0 Å². The number of aromatic nitrogens is 3. The fourth-order valence-corrected chi connectivity index (χ4v) is 9.12. The van der Waals surface area contributed by atoms with E-state index in [2.05, 4.69) is 127 Å². The summed E-state index contributed by atoms with van der Waals surface area (Å²) in [5.74, 6) is 1.90. The van der Waals surface area contributed by atoms with Gasteiger partial charge < -0.3 is 4.42 Å². The smallest absolute Gasteiger partial charge is 0.164 e. The van der Waals surface area contributed by atoms with Crippen molar-refractivity contribution in [2.45, 2.75) is 0 Å². The molecule has 0 aliphatic heterocycles. The zero-order valence-corrected chi connectivity index (χ0v) is 30.9. The number of nitrogens with zero attached hydrogens (tertiary/aromatic N) is 3. The van der Waals surface area contributed by atoms with Crippen molar-refractivity contribution < 1.29 is 4.42 Å². The van der Waals surface area contributed by atoms with Gasteiger partial charge in [0.1, 0.15) is 11.2 Å². The molecule has 0 radical (unpaired) electrons. The second-order valence-electron chi connectivity index (χ2n) is 13.9. The van der Waals surface area contributed by atoms with E-state index < -0.39 is 0 Å². The molecule has 0 atom stereocenters. The highest BCUT2D eigenvalue weighted by Crippen LogP contribution is 2.48. The van der Waals surface area contributed by atoms with Gasteiger partial charge in [-0.3, -0.25) is 0 Å². The maximum absolute atomic E-state index is 6.89. The third kappa shape index (κ3) is 5.40. The van der Waals surface area contributed by atoms with E-state index in [4.69, 9.17) is 19.4 Å². The van der Waals surface area contributed by atoms with Gasteiger partial charge in [0.2, 0.25) is 0 Å². The molecule has 4 nitrogen and oxygen atoms in total. The number of hydrogen-bond donors (Lipinski definition) is 0. The fraction of sp³-hybridized carbons (Fsp3) is 0. The molecule has 262 valence electrons. The van der Waals surface area contributed by atoms with Crippen molar-refractivity contribution in [3.8, 4) is 67.5 Å².